The van der Waals surface area contributed by atoms with Crippen molar-refractivity contribution in [3.8, 4) is 6.07 Å². The van der Waals surface area contributed by atoms with E-state index in [-0.39, 0.29) is 0 Å². The van der Waals surface area contributed by atoms with Crippen molar-refractivity contribution in [1.29, 1.82) is 5.26 Å². The number of anilines is 3. The van der Waals surface area contributed by atoms with Gasteiger partial charge in [0.2, 0.25) is 0 Å². The van der Waals surface area contributed by atoms with Gasteiger partial charge in [0.05, 0.1) is 35.3 Å². The van der Waals surface area contributed by atoms with Crippen LogP contribution < -0.4 is 11.1 Å². The molecule has 106 valence electrons. The molecule has 3 N–H and O–H groups in total. The molecule has 0 aliphatic rings. The van der Waals surface area contributed by atoms with E-state index in [0.29, 0.717) is 28.2 Å². The monoisotopic (exact) mass is 345 g/mol. The Bertz CT molecular complexity index is 738. The van der Waals surface area contributed by atoms with Gasteiger partial charge in [0.25, 0.3) is 0 Å². The molecule has 0 aromatic heterocycles. The molecule has 0 amide bonds. The topological polar surface area (TPSA) is 88.1 Å². The van der Waals surface area contributed by atoms with Crippen LogP contribution in [0, 0.1) is 11.3 Å². The summed E-state index contributed by atoms with van der Waals surface area (Å²) in [5.74, 6) is -0.451. The number of carbonyl (C=O) groups is 1. The predicted molar refractivity (Wildman–Crippen MR) is 84.3 cm³/mol. The van der Waals surface area contributed by atoms with Gasteiger partial charge in [0.15, 0.2) is 0 Å². The molecule has 0 fully saturated rings. The minimum atomic E-state index is -0.451. The van der Waals surface area contributed by atoms with Gasteiger partial charge in [0, 0.05) is 4.47 Å². The first-order valence-electron chi connectivity index (χ1n) is 5.99. The van der Waals surface area contributed by atoms with Crippen LogP contribution in [0.2, 0.25) is 0 Å². The molecule has 5 nitrogen and oxygen atoms in total. The molecule has 0 unspecified atom stereocenters. The number of nitrogens with one attached hydrogen (secondary N) is 1. The lowest BCUT2D eigenvalue weighted by Gasteiger charge is -2.12. The molecule has 0 radical (unpaired) electrons. The minimum Gasteiger partial charge on any atom is -0.465 e. The van der Waals surface area contributed by atoms with Crippen molar-refractivity contribution in [2.75, 3.05) is 18.2 Å². The number of benzene rings is 2. The maximum absolute atomic E-state index is 11.6. The lowest BCUT2D eigenvalue weighted by molar-refractivity contribution is 0.0601. The average molecular weight is 346 g/mol. The van der Waals surface area contributed by atoms with Crippen molar-refractivity contribution in [2.45, 2.75) is 0 Å². The molecular formula is C15H12BrN3O2. The average Bonchev–Trinajstić information content (AvgIpc) is 2.49. The fraction of sp³-hybridized carbons (Fsp3) is 0.0667. The van der Waals surface area contributed by atoms with Gasteiger partial charge in [-0.3, -0.25) is 0 Å². The number of halogens is 1. The van der Waals surface area contributed by atoms with Gasteiger partial charge in [-0.15, -0.1) is 0 Å². The summed E-state index contributed by atoms with van der Waals surface area (Å²) in [6.45, 7) is 0. The van der Waals surface area contributed by atoms with Crippen molar-refractivity contribution >= 4 is 39.0 Å². The van der Waals surface area contributed by atoms with Crippen molar-refractivity contribution in [3.05, 3.63) is 52.0 Å². The van der Waals surface area contributed by atoms with Crippen LogP contribution in [0.1, 0.15) is 15.9 Å². The summed E-state index contributed by atoms with van der Waals surface area (Å²) in [6.07, 6.45) is 0. The van der Waals surface area contributed by atoms with Crippen LogP contribution in [-0.2, 0) is 4.74 Å². The zero-order valence-electron chi connectivity index (χ0n) is 11.2. The van der Waals surface area contributed by atoms with E-state index in [4.69, 9.17) is 11.0 Å². The normalized spacial score (nSPS) is 9.76. The van der Waals surface area contributed by atoms with Crippen molar-refractivity contribution in [3.63, 3.8) is 0 Å². The Kier molecular flexibility index (Phi) is 4.45. The Morgan fingerprint density at radius 2 is 2.05 bits per heavy atom. The number of carbonyl (C=O) groups excluding carboxylic acids is 1. The van der Waals surface area contributed by atoms with E-state index in [2.05, 4.69) is 32.1 Å². The fourth-order valence-electron chi connectivity index (χ4n) is 1.77. The van der Waals surface area contributed by atoms with E-state index >= 15 is 0 Å². The van der Waals surface area contributed by atoms with Gasteiger partial charge in [-0.2, -0.15) is 5.26 Å². The molecule has 0 saturated heterocycles. The number of hydrogen-bond acceptors (Lipinski definition) is 5. The summed E-state index contributed by atoms with van der Waals surface area (Å²) in [7, 11) is 1.31. The SMILES string of the molecule is COC(=O)c1ccc(N)c(Nc2cc(Br)ccc2C#N)c1. The molecule has 2 rings (SSSR count). The first-order valence-corrected chi connectivity index (χ1v) is 6.79. The van der Waals surface area contributed by atoms with Gasteiger partial charge in [-0.05, 0) is 36.4 Å². The van der Waals surface area contributed by atoms with Gasteiger partial charge in [-0.25, -0.2) is 4.79 Å². The second kappa shape index (κ2) is 6.29. The van der Waals surface area contributed by atoms with E-state index in [0.717, 1.165) is 4.47 Å². The number of nitrogens with zero attached hydrogens (tertiary/aromatic N) is 1. The largest absolute Gasteiger partial charge is 0.465 e. The summed E-state index contributed by atoms with van der Waals surface area (Å²) < 4.78 is 5.50. The van der Waals surface area contributed by atoms with Crippen LogP contribution in [0.4, 0.5) is 17.1 Å². The minimum absolute atomic E-state index is 0.378. The van der Waals surface area contributed by atoms with Crippen LogP contribution in [0.5, 0.6) is 0 Å². The Labute approximate surface area is 130 Å². The molecule has 0 bridgehead atoms. The summed E-state index contributed by atoms with van der Waals surface area (Å²) in [4.78, 5) is 11.6. The van der Waals surface area contributed by atoms with Gasteiger partial charge in [-0.1, -0.05) is 15.9 Å². The maximum atomic E-state index is 11.6. The van der Waals surface area contributed by atoms with Crippen LogP contribution >= 0.6 is 15.9 Å². The number of hydrogen-bond donors (Lipinski definition) is 2. The number of nitrogen functional groups attached to an aromatic ring is 1. The van der Waals surface area contributed by atoms with E-state index in [1.807, 2.05) is 0 Å². The summed E-state index contributed by atoms with van der Waals surface area (Å²) in [5.41, 5.74) is 8.35. The van der Waals surface area contributed by atoms with Crippen molar-refractivity contribution in [2.24, 2.45) is 0 Å². The second-order valence-electron chi connectivity index (χ2n) is 4.22. The molecule has 6 heteroatoms. The number of nitrogens with two attached hydrogens (primary N) is 1. The Balaban J connectivity index is 2.42. The highest BCUT2D eigenvalue weighted by molar-refractivity contribution is 9.10. The number of ether oxygens (including phenoxy) is 1. The van der Waals surface area contributed by atoms with Crippen LogP contribution in [-0.4, -0.2) is 13.1 Å². The zero-order chi connectivity index (χ0) is 15.4. The van der Waals surface area contributed by atoms with E-state index in [9.17, 15) is 4.79 Å². The maximum Gasteiger partial charge on any atom is 0.337 e. The van der Waals surface area contributed by atoms with E-state index < -0.39 is 5.97 Å². The second-order valence-corrected chi connectivity index (χ2v) is 5.14. The summed E-state index contributed by atoms with van der Waals surface area (Å²) in [6, 6.07) is 12.1. The Hall–Kier alpha value is -2.52. The quantitative estimate of drug-likeness (QED) is 0.657. The third kappa shape index (κ3) is 3.33. The number of nitriles is 1. The van der Waals surface area contributed by atoms with E-state index in [1.54, 1.807) is 36.4 Å². The molecule has 0 aliphatic heterocycles. The molecule has 0 aliphatic carbocycles. The Morgan fingerprint density at radius 1 is 1.29 bits per heavy atom. The standard InChI is InChI=1S/C15H12BrN3O2/c1-21-15(20)9-3-5-12(18)14(6-9)19-13-7-11(16)4-2-10(13)8-17/h2-7,19H,18H2,1H3. The molecule has 2 aromatic rings. The zero-order valence-corrected chi connectivity index (χ0v) is 12.8. The fourth-order valence-corrected chi connectivity index (χ4v) is 2.13. The molecular weight excluding hydrogens is 334 g/mol. The van der Waals surface area contributed by atoms with Crippen molar-refractivity contribution in [1.82, 2.24) is 0 Å². The molecule has 21 heavy (non-hydrogen) atoms. The lowest BCUT2D eigenvalue weighted by atomic mass is 10.1. The van der Waals surface area contributed by atoms with Gasteiger partial charge < -0.3 is 15.8 Å². The third-order valence-corrected chi connectivity index (χ3v) is 3.34. The lowest BCUT2D eigenvalue weighted by Crippen LogP contribution is -2.04. The highest BCUT2D eigenvalue weighted by atomic mass is 79.9. The van der Waals surface area contributed by atoms with E-state index in [1.165, 1.54) is 7.11 Å². The van der Waals surface area contributed by atoms with Crippen molar-refractivity contribution < 1.29 is 9.53 Å². The third-order valence-electron chi connectivity index (χ3n) is 2.85. The first kappa shape index (κ1) is 14.9. The molecule has 2 aromatic carbocycles. The number of esters is 1. The summed E-state index contributed by atoms with van der Waals surface area (Å²) in [5, 5.41) is 12.2. The first-order chi connectivity index (χ1) is 10.0. The van der Waals surface area contributed by atoms with Gasteiger partial charge in [0.1, 0.15) is 6.07 Å². The molecule has 0 heterocycles. The predicted octanol–water partition coefficient (Wildman–Crippen LogP) is 3.43. The number of methoxy groups -OCH3 is 1. The highest BCUT2D eigenvalue weighted by Gasteiger charge is 2.10. The highest BCUT2D eigenvalue weighted by Crippen LogP contribution is 2.28. The van der Waals surface area contributed by atoms with Crippen LogP contribution in [0.3, 0.4) is 0 Å². The molecule has 0 saturated carbocycles. The smallest absolute Gasteiger partial charge is 0.337 e. The number of rotatable bonds is 3. The van der Waals surface area contributed by atoms with Crippen LogP contribution in [0.15, 0.2) is 40.9 Å². The summed E-state index contributed by atoms with van der Waals surface area (Å²) >= 11 is 3.35. The van der Waals surface area contributed by atoms with Crippen LogP contribution in [0.25, 0.3) is 0 Å². The molecule has 0 atom stereocenters. The Morgan fingerprint density at radius 3 is 2.71 bits per heavy atom. The van der Waals surface area contributed by atoms with Gasteiger partial charge >= 0.3 is 5.97 Å². The molecule has 0 spiro atoms.